The van der Waals surface area contributed by atoms with Crippen molar-refractivity contribution in [3.8, 4) is 0 Å². The number of carbonyl (C=O) groups is 2. The fourth-order valence-electron chi connectivity index (χ4n) is 2.85. The molecule has 3 aromatic rings. The molecular formula is C22H23N3O2S. The Morgan fingerprint density at radius 3 is 2.64 bits per heavy atom. The van der Waals surface area contributed by atoms with Gasteiger partial charge in [0.15, 0.2) is 10.9 Å². The van der Waals surface area contributed by atoms with Crippen molar-refractivity contribution >= 4 is 29.1 Å². The van der Waals surface area contributed by atoms with E-state index in [2.05, 4.69) is 21.8 Å². The predicted octanol–water partition coefficient (Wildman–Crippen LogP) is 4.97. The second kappa shape index (κ2) is 9.37. The predicted molar refractivity (Wildman–Crippen MR) is 113 cm³/mol. The van der Waals surface area contributed by atoms with E-state index >= 15 is 0 Å². The molecule has 0 saturated carbocycles. The van der Waals surface area contributed by atoms with Gasteiger partial charge in [-0.05, 0) is 31.0 Å². The van der Waals surface area contributed by atoms with Crippen LogP contribution in [0.2, 0.25) is 0 Å². The number of Topliss-reactive ketones (excluding diaryl/α,β-unsaturated/α-hetero) is 1. The molecule has 0 fully saturated rings. The van der Waals surface area contributed by atoms with Crippen LogP contribution >= 0.6 is 11.8 Å². The summed E-state index contributed by atoms with van der Waals surface area (Å²) in [4.78, 5) is 29.2. The molecular weight excluding hydrogens is 370 g/mol. The van der Waals surface area contributed by atoms with E-state index < -0.39 is 5.25 Å². The van der Waals surface area contributed by atoms with Gasteiger partial charge >= 0.3 is 0 Å². The minimum absolute atomic E-state index is 0.0355. The Kier molecular flexibility index (Phi) is 6.66. The van der Waals surface area contributed by atoms with Crippen LogP contribution in [0.4, 0.5) is 5.69 Å². The molecule has 1 amide bonds. The minimum Gasteiger partial charge on any atom is -0.326 e. The summed E-state index contributed by atoms with van der Waals surface area (Å²) >= 11 is 1.43. The number of hydrogen-bond donors (Lipinski definition) is 1. The molecule has 28 heavy (non-hydrogen) atoms. The summed E-state index contributed by atoms with van der Waals surface area (Å²) in [6, 6.07) is 16.6. The van der Waals surface area contributed by atoms with Gasteiger partial charge in [-0.25, -0.2) is 4.98 Å². The van der Waals surface area contributed by atoms with Crippen molar-refractivity contribution in [1.82, 2.24) is 9.55 Å². The van der Waals surface area contributed by atoms with Crippen LogP contribution in [-0.2, 0) is 11.3 Å². The smallest absolute Gasteiger partial charge is 0.242 e. The van der Waals surface area contributed by atoms with Gasteiger partial charge in [-0.15, -0.1) is 0 Å². The zero-order chi connectivity index (χ0) is 19.9. The molecule has 3 rings (SSSR count). The molecule has 0 saturated heterocycles. The molecule has 1 aromatic heterocycles. The highest BCUT2D eigenvalue weighted by Gasteiger charge is 2.24. The van der Waals surface area contributed by atoms with Gasteiger partial charge in [0.1, 0.15) is 5.25 Å². The van der Waals surface area contributed by atoms with Crippen LogP contribution in [0, 0.1) is 0 Å². The largest absolute Gasteiger partial charge is 0.326 e. The van der Waals surface area contributed by atoms with Gasteiger partial charge in [-0.2, -0.15) is 0 Å². The van der Waals surface area contributed by atoms with Gasteiger partial charge in [0.05, 0.1) is 0 Å². The molecule has 1 atom stereocenters. The lowest BCUT2D eigenvalue weighted by Gasteiger charge is -2.17. The third-order valence-corrected chi connectivity index (χ3v) is 5.51. The summed E-state index contributed by atoms with van der Waals surface area (Å²) in [6.45, 7) is 4.47. The van der Waals surface area contributed by atoms with E-state index in [0.717, 1.165) is 23.7 Å². The normalized spacial score (nSPS) is 11.8. The zero-order valence-corrected chi connectivity index (χ0v) is 16.8. The van der Waals surface area contributed by atoms with Crippen molar-refractivity contribution in [2.45, 2.75) is 37.2 Å². The van der Waals surface area contributed by atoms with E-state index in [0.29, 0.717) is 11.3 Å². The van der Waals surface area contributed by atoms with Crippen LogP contribution < -0.4 is 5.32 Å². The SMILES string of the molecule is CCCn1ccnc1S[C@@H](C(=O)Nc1cccc(C(C)=O)c1)c1ccccc1. The first kappa shape index (κ1) is 19.9. The molecule has 144 valence electrons. The number of nitrogens with one attached hydrogen (secondary N) is 1. The van der Waals surface area contributed by atoms with Gasteiger partial charge in [0, 0.05) is 30.2 Å². The van der Waals surface area contributed by atoms with Crippen molar-refractivity contribution in [2.75, 3.05) is 5.32 Å². The second-order valence-electron chi connectivity index (χ2n) is 6.44. The van der Waals surface area contributed by atoms with Crippen LogP contribution in [0.3, 0.4) is 0 Å². The number of carbonyl (C=O) groups excluding carboxylic acids is 2. The zero-order valence-electron chi connectivity index (χ0n) is 16.0. The maximum absolute atomic E-state index is 13.1. The van der Waals surface area contributed by atoms with E-state index in [4.69, 9.17) is 0 Å². The van der Waals surface area contributed by atoms with Gasteiger partial charge in [-0.3, -0.25) is 9.59 Å². The Bertz CT molecular complexity index is 953. The molecule has 0 aliphatic carbocycles. The molecule has 1 heterocycles. The number of hydrogen-bond acceptors (Lipinski definition) is 4. The number of rotatable bonds is 8. The third-order valence-electron chi connectivity index (χ3n) is 4.24. The number of amides is 1. The molecule has 0 spiro atoms. The summed E-state index contributed by atoms with van der Waals surface area (Å²) in [7, 11) is 0. The average molecular weight is 394 g/mol. The van der Waals surface area contributed by atoms with Crippen LogP contribution in [-0.4, -0.2) is 21.2 Å². The first-order valence-electron chi connectivity index (χ1n) is 9.23. The highest BCUT2D eigenvalue weighted by atomic mass is 32.2. The summed E-state index contributed by atoms with van der Waals surface area (Å²) in [5.74, 6) is -0.186. The number of ketones is 1. The molecule has 0 unspecified atom stereocenters. The van der Waals surface area contributed by atoms with Crippen molar-refractivity contribution in [1.29, 1.82) is 0 Å². The molecule has 0 bridgehead atoms. The van der Waals surface area contributed by atoms with E-state index in [1.807, 2.05) is 36.5 Å². The van der Waals surface area contributed by atoms with Crippen LogP contribution in [0.5, 0.6) is 0 Å². The number of benzene rings is 2. The van der Waals surface area contributed by atoms with Crippen LogP contribution in [0.15, 0.2) is 72.1 Å². The monoisotopic (exact) mass is 393 g/mol. The number of anilines is 1. The van der Waals surface area contributed by atoms with Gasteiger partial charge in [-0.1, -0.05) is 61.2 Å². The van der Waals surface area contributed by atoms with E-state index in [9.17, 15) is 9.59 Å². The lowest BCUT2D eigenvalue weighted by atomic mass is 10.1. The molecule has 2 aromatic carbocycles. The molecule has 5 nitrogen and oxygen atoms in total. The van der Waals surface area contributed by atoms with E-state index in [-0.39, 0.29) is 11.7 Å². The number of imidazole rings is 1. The van der Waals surface area contributed by atoms with Crippen molar-refractivity contribution in [3.63, 3.8) is 0 Å². The van der Waals surface area contributed by atoms with E-state index in [1.165, 1.54) is 18.7 Å². The molecule has 6 heteroatoms. The standard InChI is InChI=1S/C22H23N3O2S/c1-3-13-25-14-12-23-22(25)28-20(17-8-5-4-6-9-17)21(27)24-19-11-7-10-18(15-19)16(2)26/h4-12,14-15,20H,3,13H2,1-2H3,(H,24,27)/t20-/m1/s1. The fraction of sp³-hybridized carbons (Fsp3) is 0.227. The Balaban J connectivity index is 1.86. The van der Waals surface area contributed by atoms with Gasteiger partial charge in [0.25, 0.3) is 0 Å². The number of aryl methyl sites for hydroxylation is 1. The topological polar surface area (TPSA) is 64.0 Å². The summed E-state index contributed by atoms with van der Waals surface area (Å²) in [6.07, 6.45) is 4.68. The maximum Gasteiger partial charge on any atom is 0.242 e. The Hall–Kier alpha value is -2.86. The van der Waals surface area contributed by atoms with Crippen molar-refractivity contribution in [3.05, 3.63) is 78.1 Å². The van der Waals surface area contributed by atoms with Gasteiger partial charge in [0.2, 0.25) is 5.91 Å². The van der Waals surface area contributed by atoms with Gasteiger partial charge < -0.3 is 9.88 Å². The van der Waals surface area contributed by atoms with Crippen molar-refractivity contribution < 1.29 is 9.59 Å². The highest BCUT2D eigenvalue weighted by Crippen LogP contribution is 2.35. The Morgan fingerprint density at radius 2 is 1.93 bits per heavy atom. The fourth-order valence-corrected chi connectivity index (χ4v) is 3.93. The minimum atomic E-state index is -0.458. The highest BCUT2D eigenvalue weighted by molar-refractivity contribution is 8.00. The Morgan fingerprint density at radius 1 is 1.14 bits per heavy atom. The number of nitrogens with zero attached hydrogens (tertiary/aromatic N) is 2. The van der Waals surface area contributed by atoms with E-state index in [1.54, 1.807) is 30.5 Å². The van der Waals surface area contributed by atoms with Crippen LogP contribution in [0.1, 0.15) is 41.4 Å². The lowest BCUT2D eigenvalue weighted by Crippen LogP contribution is -2.19. The summed E-state index contributed by atoms with van der Waals surface area (Å²) < 4.78 is 2.06. The first-order chi connectivity index (χ1) is 13.6. The number of aromatic nitrogens is 2. The molecule has 0 aliphatic heterocycles. The molecule has 0 aliphatic rings. The lowest BCUT2D eigenvalue weighted by molar-refractivity contribution is -0.115. The third kappa shape index (κ3) is 4.89. The maximum atomic E-state index is 13.1. The summed E-state index contributed by atoms with van der Waals surface area (Å²) in [5.41, 5.74) is 2.08. The first-order valence-corrected chi connectivity index (χ1v) is 10.1. The Labute approximate surface area is 169 Å². The molecule has 1 N–H and O–H groups in total. The van der Waals surface area contributed by atoms with Crippen molar-refractivity contribution in [2.24, 2.45) is 0 Å². The average Bonchev–Trinajstić information content (AvgIpc) is 3.14. The quantitative estimate of drug-likeness (QED) is 0.434. The second-order valence-corrected chi connectivity index (χ2v) is 7.51. The summed E-state index contributed by atoms with van der Waals surface area (Å²) in [5, 5.41) is 3.30. The molecule has 0 radical (unpaired) electrons. The van der Waals surface area contributed by atoms with Crippen LogP contribution in [0.25, 0.3) is 0 Å². The number of thioether (sulfide) groups is 1.